The smallest absolute Gasteiger partial charge is 0.191 e. The van der Waals surface area contributed by atoms with Crippen LogP contribution in [-0.4, -0.2) is 52.4 Å². The topological polar surface area (TPSA) is 77.0 Å². The molecule has 29 heavy (non-hydrogen) atoms. The van der Waals surface area contributed by atoms with Gasteiger partial charge in [-0.15, -0.1) is 35.3 Å². The van der Waals surface area contributed by atoms with E-state index >= 15 is 0 Å². The van der Waals surface area contributed by atoms with Gasteiger partial charge in [-0.1, -0.05) is 6.92 Å². The minimum Gasteiger partial charge on any atom is -0.496 e. The van der Waals surface area contributed by atoms with Crippen LogP contribution in [0, 0.1) is 0 Å². The van der Waals surface area contributed by atoms with Crippen molar-refractivity contribution in [1.29, 1.82) is 0 Å². The number of aliphatic imine (C=N–C) groups is 1. The van der Waals surface area contributed by atoms with Crippen LogP contribution in [-0.2, 0) is 19.3 Å². The Morgan fingerprint density at radius 1 is 1.03 bits per heavy atom. The molecule has 0 aliphatic rings. The van der Waals surface area contributed by atoms with Gasteiger partial charge in [0.15, 0.2) is 5.96 Å². The Morgan fingerprint density at radius 2 is 1.66 bits per heavy atom. The van der Waals surface area contributed by atoms with Crippen LogP contribution < -0.4 is 24.8 Å². The average Bonchev–Trinajstić information content (AvgIpc) is 3.20. The highest BCUT2D eigenvalue weighted by Gasteiger charge is 2.13. The SMILES string of the molecule is CCc1cnc(CCNC(=NC)NCCc2c(OC)cc(OC)cc2OC)s1.I. The molecule has 0 aliphatic carbocycles. The van der Waals surface area contributed by atoms with Gasteiger partial charge in [0.1, 0.15) is 17.2 Å². The van der Waals surface area contributed by atoms with E-state index < -0.39 is 0 Å². The number of guanidine groups is 1. The average molecular weight is 534 g/mol. The molecule has 1 aromatic heterocycles. The Kier molecular flexibility index (Phi) is 11.7. The van der Waals surface area contributed by atoms with E-state index in [-0.39, 0.29) is 24.0 Å². The number of thiazole rings is 1. The Hall–Kier alpha value is -1.75. The molecule has 2 rings (SSSR count). The Morgan fingerprint density at radius 3 is 2.14 bits per heavy atom. The van der Waals surface area contributed by atoms with Crippen molar-refractivity contribution < 1.29 is 14.2 Å². The van der Waals surface area contributed by atoms with Crippen LogP contribution in [0.1, 0.15) is 22.4 Å². The summed E-state index contributed by atoms with van der Waals surface area (Å²) in [5, 5.41) is 7.81. The van der Waals surface area contributed by atoms with Crippen molar-refractivity contribution in [3.05, 3.63) is 33.8 Å². The first kappa shape index (κ1) is 25.3. The van der Waals surface area contributed by atoms with E-state index in [1.165, 1.54) is 4.88 Å². The molecule has 7 nitrogen and oxygen atoms in total. The number of halogens is 1. The third-order valence-electron chi connectivity index (χ3n) is 4.29. The molecule has 162 valence electrons. The maximum atomic E-state index is 5.50. The van der Waals surface area contributed by atoms with Crippen molar-refractivity contribution in [3.63, 3.8) is 0 Å². The van der Waals surface area contributed by atoms with Gasteiger partial charge in [-0.05, 0) is 12.8 Å². The van der Waals surface area contributed by atoms with E-state index in [9.17, 15) is 0 Å². The number of aryl methyl sites for hydroxylation is 1. The zero-order chi connectivity index (χ0) is 20.4. The minimum absolute atomic E-state index is 0. The lowest BCUT2D eigenvalue weighted by atomic mass is 10.1. The Bertz CT molecular complexity index is 758. The summed E-state index contributed by atoms with van der Waals surface area (Å²) in [4.78, 5) is 10.0. The first-order chi connectivity index (χ1) is 13.6. The van der Waals surface area contributed by atoms with Gasteiger partial charge in [-0.3, -0.25) is 4.99 Å². The van der Waals surface area contributed by atoms with Gasteiger partial charge < -0.3 is 24.8 Å². The van der Waals surface area contributed by atoms with E-state index in [0.717, 1.165) is 53.8 Å². The molecule has 0 spiro atoms. The summed E-state index contributed by atoms with van der Waals surface area (Å²) in [6.45, 7) is 3.62. The van der Waals surface area contributed by atoms with Crippen LogP contribution in [0.25, 0.3) is 0 Å². The molecule has 1 aromatic carbocycles. The predicted molar refractivity (Wildman–Crippen MR) is 130 cm³/mol. The lowest BCUT2D eigenvalue weighted by molar-refractivity contribution is 0.368. The van der Waals surface area contributed by atoms with Gasteiger partial charge in [0, 0.05) is 55.3 Å². The summed E-state index contributed by atoms with van der Waals surface area (Å²) < 4.78 is 16.3. The first-order valence-corrected chi connectivity index (χ1v) is 10.1. The van der Waals surface area contributed by atoms with Gasteiger partial charge in [-0.2, -0.15) is 0 Å². The first-order valence-electron chi connectivity index (χ1n) is 9.32. The molecule has 0 radical (unpaired) electrons. The van der Waals surface area contributed by atoms with Gasteiger partial charge in [0.05, 0.1) is 26.3 Å². The molecule has 0 amide bonds. The van der Waals surface area contributed by atoms with E-state index in [1.54, 1.807) is 39.7 Å². The lowest BCUT2D eigenvalue weighted by Crippen LogP contribution is -2.39. The quantitative estimate of drug-likeness (QED) is 0.277. The molecule has 0 fully saturated rings. The second-order valence-electron chi connectivity index (χ2n) is 6.01. The van der Waals surface area contributed by atoms with Crippen molar-refractivity contribution in [3.8, 4) is 17.2 Å². The molecule has 0 aliphatic heterocycles. The normalized spacial score (nSPS) is 10.9. The van der Waals surface area contributed by atoms with Crippen molar-refractivity contribution in [2.75, 3.05) is 41.5 Å². The summed E-state index contributed by atoms with van der Waals surface area (Å²) in [5.74, 6) is 2.96. The largest absolute Gasteiger partial charge is 0.496 e. The van der Waals surface area contributed by atoms with Crippen LogP contribution >= 0.6 is 35.3 Å². The number of aromatic nitrogens is 1. The Labute approximate surface area is 194 Å². The zero-order valence-electron chi connectivity index (χ0n) is 17.7. The fraction of sp³-hybridized carbons (Fsp3) is 0.500. The van der Waals surface area contributed by atoms with Crippen LogP contribution in [0.4, 0.5) is 0 Å². The molecule has 2 N–H and O–H groups in total. The lowest BCUT2D eigenvalue weighted by Gasteiger charge is -2.16. The summed E-state index contributed by atoms with van der Waals surface area (Å²) >= 11 is 1.77. The molecule has 1 heterocycles. The van der Waals surface area contributed by atoms with Gasteiger partial charge in [-0.25, -0.2) is 4.98 Å². The molecule has 0 unspecified atom stereocenters. The highest BCUT2D eigenvalue weighted by atomic mass is 127. The fourth-order valence-electron chi connectivity index (χ4n) is 2.77. The van der Waals surface area contributed by atoms with Crippen molar-refractivity contribution >= 4 is 41.3 Å². The van der Waals surface area contributed by atoms with Crippen LogP contribution in [0.3, 0.4) is 0 Å². The number of hydrogen-bond acceptors (Lipinski definition) is 6. The molecular formula is C20H31IN4O3S. The molecule has 2 aromatic rings. The van der Waals surface area contributed by atoms with Crippen LogP contribution in [0.5, 0.6) is 17.2 Å². The summed E-state index contributed by atoms with van der Waals surface area (Å²) in [6.07, 6.45) is 4.60. The third kappa shape index (κ3) is 7.54. The van der Waals surface area contributed by atoms with Gasteiger partial charge in [0.2, 0.25) is 0 Å². The molecular weight excluding hydrogens is 503 g/mol. The zero-order valence-corrected chi connectivity index (χ0v) is 20.9. The minimum atomic E-state index is 0. The number of nitrogens with zero attached hydrogens (tertiary/aromatic N) is 2. The highest BCUT2D eigenvalue weighted by Crippen LogP contribution is 2.34. The monoisotopic (exact) mass is 534 g/mol. The van der Waals surface area contributed by atoms with E-state index in [2.05, 4.69) is 27.5 Å². The predicted octanol–water partition coefficient (Wildman–Crippen LogP) is 3.30. The number of ether oxygens (including phenoxy) is 3. The Balaban J connectivity index is 0.00000420. The van der Waals surface area contributed by atoms with E-state index in [4.69, 9.17) is 14.2 Å². The molecule has 0 saturated carbocycles. The number of hydrogen-bond donors (Lipinski definition) is 2. The fourth-order valence-corrected chi connectivity index (χ4v) is 3.63. The summed E-state index contributed by atoms with van der Waals surface area (Å²) in [5.41, 5.74) is 0.989. The molecule has 0 saturated heterocycles. The van der Waals surface area contributed by atoms with E-state index in [1.807, 2.05) is 18.3 Å². The number of methoxy groups -OCH3 is 3. The summed E-state index contributed by atoms with van der Waals surface area (Å²) in [6, 6.07) is 3.73. The van der Waals surface area contributed by atoms with Gasteiger partial charge >= 0.3 is 0 Å². The molecule has 9 heteroatoms. The van der Waals surface area contributed by atoms with E-state index in [0.29, 0.717) is 12.3 Å². The molecule has 0 bridgehead atoms. The number of benzene rings is 1. The standard InChI is InChI=1S/C20H30N4O3S.HI/c1-6-15-13-24-19(28-15)8-10-23-20(21-2)22-9-7-16-17(26-4)11-14(25-3)12-18(16)27-5;/h11-13H,6-10H2,1-5H3,(H2,21,22,23);1H. The maximum absolute atomic E-state index is 5.50. The third-order valence-corrected chi connectivity index (χ3v) is 5.49. The number of rotatable bonds is 10. The molecule has 0 atom stereocenters. The van der Waals surface area contributed by atoms with Crippen molar-refractivity contribution in [2.24, 2.45) is 4.99 Å². The van der Waals surface area contributed by atoms with Crippen LogP contribution in [0.15, 0.2) is 23.3 Å². The highest BCUT2D eigenvalue weighted by molar-refractivity contribution is 14.0. The number of nitrogens with one attached hydrogen (secondary N) is 2. The maximum Gasteiger partial charge on any atom is 0.191 e. The van der Waals surface area contributed by atoms with Crippen molar-refractivity contribution in [2.45, 2.75) is 26.2 Å². The summed E-state index contributed by atoms with van der Waals surface area (Å²) in [7, 11) is 6.69. The van der Waals surface area contributed by atoms with Crippen LogP contribution in [0.2, 0.25) is 0 Å². The van der Waals surface area contributed by atoms with Crippen molar-refractivity contribution in [1.82, 2.24) is 15.6 Å². The second-order valence-corrected chi connectivity index (χ2v) is 7.21. The van der Waals surface area contributed by atoms with Gasteiger partial charge in [0.25, 0.3) is 0 Å². The second kappa shape index (κ2) is 13.5.